The summed E-state index contributed by atoms with van der Waals surface area (Å²) in [5.41, 5.74) is 12.3. The largest absolute Gasteiger partial charge is 0.382 e. The number of thiol groups is 1. The Labute approximate surface area is 169 Å². The average Bonchev–Trinajstić information content (AvgIpc) is 2.74. The highest BCUT2D eigenvalue weighted by molar-refractivity contribution is 7.80. The van der Waals surface area contributed by atoms with Crippen LogP contribution >= 0.6 is 12.6 Å². The number of hydrazine groups is 1. The zero-order chi connectivity index (χ0) is 19.3. The van der Waals surface area contributed by atoms with Gasteiger partial charge in [-0.15, -0.1) is 17.7 Å². The molecule has 4 aromatic rings. The van der Waals surface area contributed by atoms with Crippen molar-refractivity contribution in [2.45, 2.75) is 4.90 Å². The molecule has 0 aliphatic rings. The molecule has 0 radical (unpaired) electrons. The Bertz CT molecular complexity index is 1120. The highest BCUT2D eigenvalue weighted by atomic mass is 32.1. The lowest BCUT2D eigenvalue weighted by Crippen LogP contribution is -2.29. The molecule has 0 aromatic heterocycles. The Morgan fingerprint density at radius 2 is 1.46 bits per heavy atom. The number of amidine groups is 1. The summed E-state index contributed by atoms with van der Waals surface area (Å²) in [6, 6.07) is 31.8. The number of hydrazone groups is 1. The molecular formula is C23H20N4S. The molecule has 0 spiro atoms. The van der Waals surface area contributed by atoms with Crippen molar-refractivity contribution in [1.29, 1.82) is 0 Å². The minimum Gasteiger partial charge on any atom is -0.382 e. The Hall–Kier alpha value is -3.44. The summed E-state index contributed by atoms with van der Waals surface area (Å²) in [5, 5.41) is 8.60. The minimum absolute atomic E-state index is 0.377. The topological polar surface area (TPSA) is 53.6 Å². The van der Waals surface area contributed by atoms with E-state index in [2.05, 4.69) is 41.4 Å². The molecule has 3 N–H and O–H groups in total. The van der Waals surface area contributed by atoms with Crippen LogP contribution in [0.25, 0.3) is 10.8 Å². The lowest BCUT2D eigenvalue weighted by atomic mass is 10.1. The molecule has 0 atom stereocenters. The number of anilines is 2. The summed E-state index contributed by atoms with van der Waals surface area (Å²) in [6.07, 6.45) is 0. The normalized spacial score (nSPS) is 11.4. The van der Waals surface area contributed by atoms with Crippen LogP contribution in [0, 0.1) is 0 Å². The fourth-order valence-electron chi connectivity index (χ4n) is 3.01. The van der Waals surface area contributed by atoms with Gasteiger partial charge in [0.1, 0.15) is 0 Å². The van der Waals surface area contributed by atoms with Crippen LogP contribution in [0.5, 0.6) is 0 Å². The van der Waals surface area contributed by atoms with Crippen molar-refractivity contribution in [3.05, 3.63) is 103 Å². The van der Waals surface area contributed by atoms with Crippen molar-refractivity contribution in [3.8, 4) is 0 Å². The first kappa shape index (κ1) is 17.9. The summed E-state index contributed by atoms with van der Waals surface area (Å²) in [7, 11) is 0. The molecule has 0 amide bonds. The third kappa shape index (κ3) is 3.80. The molecule has 0 heterocycles. The van der Waals surface area contributed by atoms with E-state index in [0.29, 0.717) is 5.84 Å². The number of benzene rings is 4. The number of rotatable bonds is 5. The smallest absolute Gasteiger partial charge is 0.154 e. The number of fused-ring (bicyclic) bond motifs is 1. The van der Waals surface area contributed by atoms with E-state index in [1.807, 2.05) is 78.9 Å². The summed E-state index contributed by atoms with van der Waals surface area (Å²) in [5.74, 6) is 0.377. The van der Waals surface area contributed by atoms with Crippen molar-refractivity contribution in [2.24, 2.45) is 10.8 Å². The summed E-state index contributed by atoms with van der Waals surface area (Å²) >= 11 is 4.49. The van der Waals surface area contributed by atoms with Gasteiger partial charge < -0.3 is 5.73 Å². The fourth-order valence-corrected chi connectivity index (χ4v) is 3.28. The van der Waals surface area contributed by atoms with Gasteiger partial charge in [0.15, 0.2) is 5.84 Å². The SMILES string of the molecule is N/C(=N\N(Nc1cccc2ccccc12)c1ccccc1)c1ccccc1S. The molecule has 4 nitrogen and oxygen atoms in total. The van der Waals surface area contributed by atoms with Crippen molar-refractivity contribution < 1.29 is 0 Å². The van der Waals surface area contributed by atoms with Crippen molar-refractivity contribution >= 4 is 40.6 Å². The number of hydrogen-bond donors (Lipinski definition) is 3. The Balaban J connectivity index is 1.76. The highest BCUT2D eigenvalue weighted by Crippen LogP contribution is 2.25. The molecule has 4 rings (SSSR count). The molecular weight excluding hydrogens is 364 g/mol. The zero-order valence-corrected chi connectivity index (χ0v) is 16.1. The van der Waals surface area contributed by atoms with Crippen LogP contribution in [0.4, 0.5) is 11.4 Å². The summed E-state index contributed by atoms with van der Waals surface area (Å²) in [4.78, 5) is 0.780. The molecule has 0 aliphatic heterocycles. The molecule has 0 bridgehead atoms. The molecule has 0 unspecified atom stereocenters. The third-order valence-electron chi connectivity index (χ3n) is 4.40. The van der Waals surface area contributed by atoms with E-state index >= 15 is 0 Å². The first-order valence-corrected chi connectivity index (χ1v) is 9.39. The maximum Gasteiger partial charge on any atom is 0.154 e. The van der Waals surface area contributed by atoms with Gasteiger partial charge in [-0.2, -0.15) is 5.12 Å². The van der Waals surface area contributed by atoms with Gasteiger partial charge >= 0.3 is 0 Å². The minimum atomic E-state index is 0.377. The van der Waals surface area contributed by atoms with Crippen LogP contribution in [-0.4, -0.2) is 5.84 Å². The van der Waals surface area contributed by atoms with E-state index < -0.39 is 0 Å². The van der Waals surface area contributed by atoms with E-state index in [4.69, 9.17) is 5.73 Å². The molecule has 4 aromatic carbocycles. The number of nitrogens with two attached hydrogens (primary N) is 1. The second kappa shape index (κ2) is 8.06. The Kier molecular flexibility index (Phi) is 5.17. The molecule has 138 valence electrons. The van der Waals surface area contributed by atoms with Gasteiger partial charge in [0.25, 0.3) is 0 Å². The van der Waals surface area contributed by atoms with E-state index in [-0.39, 0.29) is 0 Å². The standard InChI is InChI=1S/C23H20N4S/c24-23(20-14-6-7-16-22(20)28)26-27(18-11-2-1-3-12-18)25-21-15-8-10-17-9-4-5-13-19(17)21/h1-16,25,28H,(H2,24,26). The molecule has 0 fully saturated rings. The number of hydrogen-bond acceptors (Lipinski definition) is 4. The van der Waals surface area contributed by atoms with E-state index in [1.165, 1.54) is 0 Å². The number of nitrogens with one attached hydrogen (secondary N) is 1. The predicted molar refractivity (Wildman–Crippen MR) is 121 cm³/mol. The monoisotopic (exact) mass is 384 g/mol. The van der Waals surface area contributed by atoms with Crippen molar-refractivity contribution in [1.82, 2.24) is 0 Å². The fraction of sp³-hybridized carbons (Fsp3) is 0. The molecule has 5 heteroatoms. The first-order chi connectivity index (χ1) is 13.7. The van der Waals surface area contributed by atoms with Gasteiger partial charge in [-0.25, -0.2) is 0 Å². The van der Waals surface area contributed by atoms with Crippen LogP contribution in [0.15, 0.2) is 107 Å². The van der Waals surface area contributed by atoms with Gasteiger partial charge in [-0.3, -0.25) is 5.43 Å². The molecule has 0 saturated carbocycles. The maximum absolute atomic E-state index is 6.32. The average molecular weight is 385 g/mol. The van der Waals surface area contributed by atoms with E-state index in [1.54, 1.807) is 5.12 Å². The summed E-state index contributed by atoms with van der Waals surface area (Å²) < 4.78 is 0. The number of para-hydroxylation sites is 1. The van der Waals surface area contributed by atoms with Gasteiger partial charge in [0.2, 0.25) is 0 Å². The zero-order valence-electron chi connectivity index (χ0n) is 15.2. The quantitative estimate of drug-likeness (QED) is 0.190. The van der Waals surface area contributed by atoms with Gasteiger partial charge in [-0.05, 0) is 29.7 Å². The maximum atomic E-state index is 6.32. The number of nitrogens with zero attached hydrogens (tertiary/aromatic N) is 2. The summed E-state index contributed by atoms with van der Waals surface area (Å²) in [6.45, 7) is 0. The van der Waals surface area contributed by atoms with Crippen molar-refractivity contribution in [3.63, 3.8) is 0 Å². The third-order valence-corrected chi connectivity index (χ3v) is 4.79. The lowest BCUT2D eigenvalue weighted by molar-refractivity contribution is 0.987. The van der Waals surface area contributed by atoms with Gasteiger partial charge in [0.05, 0.1) is 11.4 Å². The molecule has 0 aliphatic carbocycles. The van der Waals surface area contributed by atoms with Crippen LogP contribution in [0.3, 0.4) is 0 Å². The van der Waals surface area contributed by atoms with E-state index in [9.17, 15) is 0 Å². The van der Waals surface area contributed by atoms with Crippen LogP contribution < -0.4 is 16.3 Å². The highest BCUT2D eigenvalue weighted by Gasteiger charge is 2.10. The van der Waals surface area contributed by atoms with Crippen molar-refractivity contribution in [2.75, 3.05) is 10.5 Å². The van der Waals surface area contributed by atoms with Crippen LogP contribution in [-0.2, 0) is 0 Å². The molecule has 28 heavy (non-hydrogen) atoms. The van der Waals surface area contributed by atoms with Crippen LogP contribution in [0.1, 0.15) is 5.56 Å². The first-order valence-electron chi connectivity index (χ1n) is 8.94. The Morgan fingerprint density at radius 3 is 2.29 bits per heavy atom. The van der Waals surface area contributed by atoms with Gasteiger partial charge in [-0.1, -0.05) is 72.8 Å². The van der Waals surface area contributed by atoms with Gasteiger partial charge in [0, 0.05) is 15.8 Å². The van der Waals surface area contributed by atoms with Crippen LogP contribution in [0.2, 0.25) is 0 Å². The lowest BCUT2D eigenvalue weighted by Gasteiger charge is -2.23. The predicted octanol–water partition coefficient (Wildman–Crippen LogP) is 5.28. The Morgan fingerprint density at radius 1 is 0.786 bits per heavy atom. The molecule has 0 saturated heterocycles. The van der Waals surface area contributed by atoms with E-state index in [0.717, 1.165) is 32.6 Å². The second-order valence-electron chi connectivity index (χ2n) is 6.29. The second-order valence-corrected chi connectivity index (χ2v) is 6.77.